The molecule has 2 aliphatic carbocycles. The second-order valence-corrected chi connectivity index (χ2v) is 5.34. The van der Waals surface area contributed by atoms with E-state index in [1.165, 1.54) is 25.7 Å². The maximum atomic E-state index is 2.39. The van der Waals surface area contributed by atoms with Gasteiger partial charge in [-0.2, -0.15) is 0 Å². The molecule has 0 N–H and O–H groups in total. The third kappa shape index (κ3) is 1.59. The molecule has 2 rings (SSSR count). The third-order valence-corrected chi connectivity index (χ3v) is 3.61. The molecule has 72 valence electrons. The topological polar surface area (TPSA) is 0 Å². The molecule has 0 heterocycles. The molecule has 0 aliphatic heterocycles. The lowest BCUT2D eigenvalue weighted by Crippen LogP contribution is -2.22. The summed E-state index contributed by atoms with van der Waals surface area (Å²) < 4.78 is 0. The lowest BCUT2D eigenvalue weighted by Gasteiger charge is -2.36. The van der Waals surface area contributed by atoms with E-state index in [2.05, 4.69) is 32.9 Å². The van der Waals surface area contributed by atoms with Crippen molar-refractivity contribution in [3.05, 3.63) is 23.3 Å². The molecule has 0 amide bonds. The SMILES string of the molecule is C[C@@H]1CCC2=C(C=CCC2(C)C)C1. The largest absolute Gasteiger partial charge is 0.0834 e. The average molecular weight is 176 g/mol. The first-order chi connectivity index (χ1) is 6.09. The van der Waals surface area contributed by atoms with Gasteiger partial charge in [0.15, 0.2) is 0 Å². The lowest BCUT2D eigenvalue weighted by molar-refractivity contribution is 0.379. The van der Waals surface area contributed by atoms with E-state index in [4.69, 9.17) is 0 Å². The molecule has 0 bridgehead atoms. The Morgan fingerprint density at radius 3 is 2.92 bits per heavy atom. The van der Waals surface area contributed by atoms with E-state index in [9.17, 15) is 0 Å². The summed E-state index contributed by atoms with van der Waals surface area (Å²) >= 11 is 0. The summed E-state index contributed by atoms with van der Waals surface area (Å²) in [5, 5.41) is 0. The highest BCUT2D eigenvalue weighted by Crippen LogP contribution is 2.44. The Morgan fingerprint density at radius 2 is 2.15 bits per heavy atom. The van der Waals surface area contributed by atoms with Crippen molar-refractivity contribution in [2.24, 2.45) is 11.3 Å². The Labute approximate surface area is 81.7 Å². The monoisotopic (exact) mass is 176 g/mol. The fourth-order valence-electron chi connectivity index (χ4n) is 2.71. The molecule has 0 saturated carbocycles. The van der Waals surface area contributed by atoms with E-state index in [1.54, 1.807) is 11.1 Å². The van der Waals surface area contributed by atoms with Crippen LogP contribution in [-0.4, -0.2) is 0 Å². The van der Waals surface area contributed by atoms with Crippen LogP contribution in [0.5, 0.6) is 0 Å². The van der Waals surface area contributed by atoms with Crippen LogP contribution >= 0.6 is 0 Å². The molecule has 0 aromatic rings. The molecule has 0 saturated heterocycles. The van der Waals surface area contributed by atoms with Gasteiger partial charge in [-0.25, -0.2) is 0 Å². The van der Waals surface area contributed by atoms with Gasteiger partial charge in [-0.15, -0.1) is 0 Å². The van der Waals surface area contributed by atoms with Crippen LogP contribution in [0, 0.1) is 11.3 Å². The van der Waals surface area contributed by atoms with Gasteiger partial charge in [0, 0.05) is 0 Å². The van der Waals surface area contributed by atoms with Crippen LogP contribution in [-0.2, 0) is 0 Å². The quantitative estimate of drug-likeness (QED) is 0.521. The van der Waals surface area contributed by atoms with Gasteiger partial charge in [0.05, 0.1) is 0 Å². The van der Waals surface area contributed by atoms with Crippen molar-refractivity contribution >= 4 is 0 Å². The maximum absolute atomic E-state index is 2.39. The van der Waals surface area contributed by atoms with Gasteiger partial charge in [0.2, 0.25) is 0 Å². The van der Waals surface area contributed by atoms with Crippen LogP contribution in [0.4, 0.5) is 0 Å². The van der Waals surface area contributed by atoms with E-state index in [0.29, 0.717) is 5.41 Å². The Bertz CT molecular complexity index is 266. The predicted molar refractivity (Wildman–Crippen MR) is 57.6 cm³/mol. The first-order valence-corrected chi connectivity index (χ1v) is 5.48. The van der Waals surface area contributed by atoms with E-state index < -0.39 is 0 Å². The highest BCUT2D eigenvalue weighted by atomic mass is 14.3. The zero-order valence-corrected chi connectivity index (χ0v) is 9.06. The summed E-state index contributed by atoms with van der Waals surface area (Å²) in [4.78, 5) is 0. The number of hydrogen-bond acceptors (Lipinski definition) is 0. The second-order valence-electron chi connectivity index (χ2n) is 5.34. The highest BCUT2D eigenvalue weighted by molar-refractivity contribution is 5.36. The molecule has 0 aromatic carbocycles. The molecule has 13 heavy (non-hydrogen) atoms. The van der Waals surface area contributed by atoms with Crippen molar-refractivity contribution in [3.63, 3.8) is 0 Å². The van der Waals surface area contributed by atoms with Crippen LogP contribution in [0.15, 0.2) is 23.3 Å². The number of hydrogen-bond donors (Lipinski definition) is 0. The Morgan fingerprint density at radius 1 is 1.38 bits per heavy atom. The van der Waals surface area contributed by atoms with Crippen molar-refractivity contribution in [2.75, 3.05) is 0 Å². The Hall–Kier alpha value is -0.520. The molecule has 0 nitrogen and oxygen atoms in total. The van der Waals surface area contributed by atoms with Gasteiger partial charge >= 0.3 is 0 Å². The predicted octanol–water partition coefficient (Wildman–Crippen LogP) is 4.09. The van der Waals surface area contributed by atoms with Crippen molar-refractivity contribution < 1.29 is 0 Å². The summed E-state index contributed by atoms with van der Waals surface area (Å²) in [6, 6.07) is 0. The summed E-state index contributed by atoms with van der Waals surface area (Å²) in [7, 11) is 0. The van der Waals surface area contributed by atoms with Crippen LogP contribution < -0.4 is 0 Å². The van der Waals surface area contributed by atoms with Crippen molar-refractivity contribution in [2.45, 2.75) is 46.5 Å². The molecular formula is C13H20. The van der Waals surface area contributed by atoms with Crippen LogP contribution in [0.25, 0.3) is 0 Å². The van der Waals surface area contributed by atoms with Gasteiger partial charge in [-0.1, -0.05) is 38.5 Å². The summed E-state index contributed by atoms with van der Waals surface area (Å²) in [5.41, 5.74) is 3.84. The van der Waals surface area contributed by atoms with Crippen LogP contribution in [0.3, 0.4) is 0 Å². The molecule has 0 heteroatoms. The smallest absolute Gasteiger partial charge is 0.0104 e. The van der Waals surface area contributed by atoms with Crippen LogP contribution in [0.2, 0.25) is 0 Å². The maximum Gasteiger partial charge on any atom is -0.0104 e. The minimum Gasteiger partial charge on any atom is -0.0834 e. The van der Waals surface area contributed by atoms with E-state index in [0.717, 1.165) is 5.92 Å². The van der Waals surface area contributed by atoms with Gasteiger partial charge in [0.1, 0.15) is 0 Å². The van der Waals surface area contributed by atoms with E-state index in [-0.39, 0.29) is 0 Å². The molecule has 0 spiro atoms. The van der Waals surface area contributed by atoms with Gasteiger partial charge in [-0.3, -0.25) is 0 Å². The molecular weight excluding hydrogens is 156 g/mol. The minimum atomic E-state index is 0.449. The summed E-state index contributed by atoms with van der Waals surface area (Å²) in [6.07, 6.45) is 10.0. The van der Waals surface area contributed by atoms with Gasteiger partial charge in [-0.05, 0) is 42.6 Å². The Balaban J connectivity index is 2.33. The molecule has 1 atom stereocenters. The van der Waals surface area contributed by atoms with Crippen molar-refractivity contribution in [1.82, 2.24) is 0 Å². The molecule has 0 fully saturated rings. The number of rotatable bonds is 0. The van der Waals surface area contributed by atoms with Crippen molar-refractivity contribution in [3.8, 4) is 0 Å². The minimum absolute atomic E-state index is 0.449. The standard InChI is InChI=1S/C13H20/c1-10-6-7-12-11(9-10)5-4-8-13(12,2)3/h4-5,10H,6-9H2,1-3H3/t10-/m1/s1. The summed E-state index contributed by atoms with van der Waals surface area (Å²) in [5.74, 6) is 0.900. The second kappa shape index (κ2) is 3.01. The zero-order valence-electron chi connectivity index (χ0n) is 9.06. The molecule has 0 unspecified atom stereocenters. The molecule has 0 radical (unpaired) electrons. The average Bonchev–Trinajstić information content (AvgIpc) is 2.02. The fourth-order valence-corrected chi connectivity index (χ4v) is 2.71. The third-order valence-electron chi connectivity index (χ3n) is 3.61. The fraction of sp³-hybridized carbons (Fsp3) is 0.692. The first-order valence-electron chi connectivity index (χ1n) is 5.48. The van der Waals surface area contributed by atoms with Crippen molar-refractivity contribution in [1.29, 1.82) is 0 Å². The van der Waals surface area contributed by atoms with Crippen LogP contribution in [0.1, 0.15) is 46.5 Å². The molecule has 2 aliphatic rings. The Kier molecular flexibility index (Phi) is 2.09. The van der Waals surface area contributed by atoms with Gasteiger partial charge in [0.25, 0.3) is 0 Å². The summed E-state index contributed by atoms with van der Waals surface area (Å²) in [6.45, 7) is 7.16. The first kappa shape index (κ1) is 9.05. The normalized spacial score (nSPS) is 31.8. The van der Waals surface area contributed by atoms with Gasteiger partial charge < -0.3 is 0 Å². The van der Waals surface area contributed by atoms with E-state index >= 15 is 0 Å². The van der Waals surface area contributed by atoms with E-state index in [1.807, 2.05) is 0 Å². The molecule has 0 aromatic heterocycles. The number of allylic oxidation sites excluding steroid dienone is 4. The zero-order chi connectivity index (χ0) is 9.47. The highest BCUT2D eigenvalue weighted by Gasteiger charge is 2.29. The lowest BCUT2D eigenvalue weighted by atomic mass is 9.69.